The third-order valence-electron chi connectivity index (χ3n) is 6.06. The molecule has 0 radical (unpaired) electrons. The topological polar surface area (TPSA) is 77.0 Å². The average molecular weight is 557 g/mol. The molecule has 5 aromatic carbocycles. The number of hydrazone groups is 1. The Morgan fingerprint density at radius 1 is 0.846 bits per heavy atom. The lowest BCUT2D eigenvalue weighted by Crippen LogP contribution is -2.33. The Bertz CT molecular complexity index is 1740. The number of carbonyl (C=O) groups excluding carboxylic acids is 2. The van der Waals surface area contributed by atoms with E-state index in [1.807, 2.05) is 72.8 Å². The molecule has 0 bridgehead atoms. The van der Waals surface area contributed by atoms with E-state index < -0.39 is 18.0 Å². The highest BCUT2D eigenvalue weighted by Crippen LogP contribution is 2.29. The first-order valence-electron chi connectivity index (χ1n) is 12.1. The van der Waals surface area contributed by atoms with Crippen molar-refractivity contribution in [2.24, 2.45) is 5.10 Å². The van der Waals surface area contributed by atoms with Crippen LogP contribution in [0.5, 0.6) is 11.5 Å². The molecule has 0 saturated carbocycles. The zero-order valence-electron chi connectivity index (χ0n) is 20.7. The van der Waals surface area contributed by atoms with Gasteiger partial charge in [-0.15, -0.1) is 0 Å². The molecule has 6 nitrogen and oxygen atoms in total. The second-order valence-corrected chi connectivity index (χ2v) is 9.56. The van der Waals surface area contributed by atoms with Crippen LogP contribution in [0.1, 0.15) is 22.8 Å². The molecule has 1 N–H and O–H groups in total. The minimum absolute atomic E-state index is 0.171. The summed E-state index contributed by atoms with van der Waals surface area (Å²) < 4.78 is 11.5. The van der Waals surface area contributed by atoms with E-state index >= 15 is 0 Å². The summed E-state index contributed by atoms with van der Waals surface area (Å²) in [5.41, 5.74) is 3.19. The number of fused-ring (bicyclic) bond motifs is 2. The second kappa shape index (κ2) is 11.6. The lowest BCUT2D eigenvalue weighted by molar-refractivity contribution is -0.127. The minimum atomic E-state index is -0.805. The summed E-state index contributed by atoms with van der Waals surface area (Å²) in [6, 6.07) is 29.1. The molecule has 5 aromatic rings. The van der Waals surface area contributed by atoms with Crippen molar-refractivity contribution < 1.29 is 19.1 Å². The van der Waals surface area contributed by atoms with Gasteiger partial charge in [0, 0.05) is 10.6 Å². The van der Waals surface area contributed by atoms with Crippen LogP contribution < -0.4 is 14.9 Å². The lowest BCUT2D eigenvalue weighted by atomic mass is 10.0. The van der Waals surface area contributed by atoms with Gasteiger partial charge in [0.1, 0.15) is 11.5 Å². The van der Waals surface area contributed by atoms with Crippen LogP contribution in [0.25, 0.3) is 21.5 Å². The molecular weight excluding hydrogens is 535 g/mol. The Kier molecular flexibility index (Phi) is 7.77. The van der Waals surface area contributed by atoms with Crippen molar-refractivity contribution in [2.45, 2.75) is 13.0 Å². The van der Waals surface area contributed by atoms with Crippen molar-refractivity contribution in [2.75, 3.05) is 0 Å². The van der Waals surface area contributed by atoms with Crippen LogP contribution in [0.4, 0.5) is 0 Å². The van der Waals surface area contributed by atoms with Crippen LogP contribution in [0.2, 0.25) is 10.0 Å². The number of esters is 1. The summed E-state index contributed by atoms with van der Waals surface area (Å²) in [4.78, 5) is 25.6. The standard InChI is InChI=1S/C31H22Cl2N2O4/c1-19(38-24-13-10-20-6-2-3-8-22(20)16-24)30(36)35-34-18-27-25-9-5-4-7-21(25)11-15-29(27)39-31(37)26-14-12-23(32)17-28(26)33/h2-19H,1H3,(H,35,36)/b34-18-/t19-/m0/s1. The number of benzene rings is 5. The number of rotatable bonds is 7. The lowest BCUT2D eigenvalue weighted by Gasteiger charge is -2.14. The van der Waals surface area contributed by atoms with Gasteiger partial charge >= 0.3 is 5.97 Å². The highest BCUT2D eigenvalue weighted by molar-refractivity contribution is 6.36. The van der Waals surface area contributed by atoms with E-state index in [2.05, 4.69) is 10.5 Å². The van der Waals surface area contributed by atoms with Gasteiger partial charge < -0.3 is 9.47 Å². The number of halogens is 2. The summed E-state index contributed by atoms with van der Waals surface area (Å²) in [7, 11) is 0. The maximum Gasteiger partial charge on any atom is 0.345 e. The molecule has 0 aliphatic carbocycles. The molecule has 0 saturated heterocycles. The fourth-order valence-electron chi connectivity index (χ4n) is 4.06. The summed E-state index contributed by atoms with van der Waals surface area (Å²) >= 11 is 12.1. The largest absolute Gasteiger partial charge is 0.481 e. The minimum Gasteiger partial charge on any atom is -0.481 e. The fraction of sp³-hybridized carbons (Fsp3) is 0.0645. The van der Waals surface area contributed by atoms with E-state index in [4.69, 9.17) is 32.7 Å². The van der Waals surface area contributed by atoms with Crippen molar-refractivity contribution in [3.05, 3.63) is 118 Å². The van der Waals surface area contributed by atoms with E-state index in [9.17, 15) is 9.59 Å². The summed E-state index contributed by atoms with van der Waals surface area (Å²) in [5.74, 6) is -0.262. The summed E-state index contributed by atoms with van der Waals surface area (Å²) in [5, 5.41) is 8.50. The van der Waals surface area contributed by atoms with E-state index in [-0.39, 0.29) is 16.3 Å². The number of ether oxygens (including phenoxy) is 2. The first-order valence-corrected chi connectivity index (χ1v) is 12.8. The molecular formula is C31H22Cl2N2O4. The first-order chi connectivity index (χ1) is 18.9. The molecule has 0 aliphatic rings. The maximum atomic E-state index is 12.9. The number of hydrogen-bond donors (Lipinski definition) is 1. The van der Waals surface area contributed by atoms with E-state index in [0.717, 1.165) is 21.5 Å². The Hall–Kier alpha value is -4.39. The average Bonchev–Trinajstić information content (AvgIpc) is 2.93. The SMILES string of the molecule is C[C@H](Oc1ccc2ccccc2c1)C(=O)N/N=C\c1c(OC(=O)c2ccc(Cl)cc2Cl)ccc2ccccc12. The van der Waals surface area contributed by atoms with Crippen molar-refractivity contribution in [1.82, 2.24) is 5.43 Å². The van der Waals surface area contributed by atoms with Crippen molar-refractivity contribution >= 4 is 62.8 Å². The fourth-order valence-corrected chi connectivity index (χ4v) is 4.54. The smallest absolute Gasteiger partial charge is 0.345 e. The second-order valence-electron chi connectivity index (χ2n) is 8.72. The van der Waals surface area contributed by atoms with Crippen LogP contribution in [0, 0.1) is 0 Å². The summed E-state index contributed by atoms with van der Waals surface area (Å²) in [6.45, 7) is 1.64. The molecule has 0 aliphatic heterocycles. The van der Waals surface area contributed by atoms with Gasteiger partial charge in [-0.1, -0.05) is 83.9 Å². The molecule has 39 heavy (non-hydrogen) atoms. The Morgan fingerprint density at radius 3 is 2.36 bits per heavy atom. The number of nitrogens with zero attached hydrogens (tertiary/aromatic N) is 1. The van der Waals surface area contributed by atoms with Gasteiger partial charge in [0.15, 0.2) is 6.10 Å². The van der Waals surface area contributed by atoms with Gasteiger partial charge in [0.05, 0.1) is 16.8 Å². The molecule has 8 heteroatoms. The molecule has 1 atom stereocenters. The molecule has 0 fully saturated rings. The van der Waals surface area contributed by atoms with E-state index in [1.165, 1.54) is 18.3 Å². The Labute approximate surface area is 234 Å². The van der Waals surface area contributed by atoms with Crippen molar-refractivity contribution in [3.8, 4) is 11.5 Å². The van der Waals surface area contributed by atoms with Gasteiger partial charge in [-0.2, -0.15) is 5.10 Å². The van der Waals surface area contributed by atoms with Gasteiger partial charge in [-0.05, 0) is 64.9 Å². The highest BCUT2D eigenvalue weighted by Gasteiger charge is 2.17. The van der Waals surface area contributed by atoms with Crippen molar-refractivity contribution in [1.29, 1.82) is 0 Å². The van der Waals surface area contributed by atoms with Crippen LogP contribution in [0.15, 0.2) is 102 Å². The van der Waals surface area contributed by atoms with Gasteiger partial charge in [-0.25, -0.2) is 10.2 Å². The van der Waals surface area contributed by atoms with E-state index in [1.54, 1.807) is 19.1 Å². The van der Waals surface area contributed by atoms with Gasteiger partial charge in [0.2, 0.25) is 0 Å². The predicted molar refractivity (Wildman–Crippen MR) is 155 cm³/mol. The molecule has 5 rings (SSSR count). The quantitative estimate of drug-likeness (QED) is 0.0977. The first kappa shape index (κ1) is 26.2. The third kappa shape index (κ3) is 6.03. The zero-order valence-corrected chi connectivity index (χ0v) is 22.2. The van der Waals surface area contributed by atoms with Crippen LogP contribution in [0.3, 0.4) is 0 Å². The number of carbonyl (C=O) groups is 2. The molecule has 0 aromatic heterocycles. The van der Waals surface area contributed by atoms with E-state index in [0.29, 0.717) is 16.3 Å². The predicted octanol–water partition coefficient (Wildman–Crippen LogP) is 7.44. The maximum absolute atomic E-state index is 12.9. The molecule has 194 valence electrons. The van der Waals surface area contributed by atoms with Gasteiger partial charge in [-0.3, -0.25) is 4.79 Å². The number of hydrogen-bond acceptors (Lipinski definition) is 5. The molecule has 1 amide bonds. The molecule has 0 spiro atoms. The molecule has 0 unspecified atom stereocenters. The van der Waals surface area contributed by atoms with Crippen LogP contribution in [-0.2, 0) is 4.79 Å². The number of nitrogens with one attached hydrogen (secondary N) is 1. The zero-order chi connectivity index (χ0) is 27.4. The number of amides is 1. The Balaban J connectivity index is 1.34. The van der Waals surface area contributed by atoms with Crippen LogP contribution >= 0.6 is 23.2 Å². The highest BCUT2D eigenvalue weighted by atomic mass is 35.5. The third-order valence-corrected chi connectivity index (χ3v) is 6.60. The van der Waals surface area contributed by atoms with Crippen LogP contribution in [-0.4, -0.2) is 24.2 Å². The monoisotopic (exact) mass is 556 g/mol. The molecule has 0 heterocycles. The Morgan fingerprint density at radius 2 is 1.56 bits per heavy atom. The normalized spacial score (nSPS) is 12.0. The summed E-state index contributed by atoms with van der Waals surface area (Å²) in [6.07, 6.45) is 0.634. The van der Waals surface area contributed by atoms with Crippen molar-refractivity contribution in [3.63, 3.8) is 0 Å². The van der Waals surface area contributed by atoms with Gasteiger partial charge in [0.25, 0.3) is 5.91 Å².